The molecule has 0 saturated heterocycles. The number of Topliss-reactive ketones (excluding diaryl/α,β-unsaturated/α-hetero) is 1. The second kappa shape index (κ2) is 6.18. The maximum absolute atomic E-state index is 12.8. The van der Waals surface area contributed by atoms with Crippen molar-refractivity contribution in [3.8, 4) is 5.75 Å². The van der Waals surface area contributed by atoms with Crippen LogP contribution in [0.15, 0.2) is 24.3 Å². The Kier molecular flexibility index (Phi) is 4.72. The molecule has 0 radical (unpaired) electrons. The van der Waals surface area contributed by atoms with Crippen molar-refractivity contribution >= 4 is 5.78 Å². The van der Waals surface area contributed by atoms with Crippen LogP contribution in [0.4, 0.5) is 0 Å². The zero-order chi connectivity index (χ0) is 15.5. The van der Waals surface area contributed by atoms with E-state index in [1.165, 1.54) is 0 Å². The highest BCUT2D eigenvalue weighted by Gasteiger charge is 2.43. The molecule has 1 fully saturated rings. The molecular weight excluding hydrogens is 264 g/mol. The molecule has 0 unspecified atom stereocenters. The van der Waals surface area contributed by atoms with Gasteiger partial charge in [0.05, 0.1) is 7.11 Å². The highest BCUT2D eigenvalue weighted by Crippen LogP contribution is 2.42. The Bertz CT molecular complexity index is 495. The fourth-order valence-corrected chi connectivity index (χ4v) is 3.06. The van der Waals surface area contributed by atoms with Crippen molar-refractivity contribution < 1.29 is 14.3 Å². The van der Waals surface area contributed by atoms with E-state index in [1.54, 1.807) is 14.2 Å². The third kappa shape index (κ3) is 3.65. The van der Waals surface area contributed by atoms with E-state index in [-0.39, 0.29) is 5.78 Å². The zero-order valence-corrected chi connectivity index (χ0v) is 13.6. The predicted octanol–water partition coefficient (Wildman–Crippen LogP) is 3.79. The molecule has 0 heterocycles. The Morgan fingerprint density at radius 3 is 2.38 bits per heavy atom. The molecule has 21 heavy (non-hydrogen) atoms. The second-order valence-electron chi connectivity index (χ2n) is 6.81. The molecule has 3 nitrogen and oxygen atoms in total. The fourth-order valence-electron chi connectivity index (χ4n) is 3.06. The number of benzene rings is 1. The first-order chi connectivity index (χ1) is 9.91. The van der Waals surface area contributed by atoms with Crippen molar-refractivity contribution in [2.75, 3.05) is 14.2 Å². The summed E-state index contributed by atoms with van der Waals surface area (Å²) in [6.07, 6.45) is 4.11. The van der Waals surface area contributed by atoms with E-state index < -0.39 is 5.60 Å². The van der Waals surface area contributed by atoms with E-state index in [0.29, 0.717) is 11.8 Å². The molecule has 1 aliphatic carbocycles. The fraction of sp³-hybridized carbons (Fsp3) is 0.611. The van der Waals surface area contributed by atoms with Gasteiger partial charge in [0.25, 0.3) is 0 Å². The Balaban J connectivity index is 2.10. The van der Waals surface area contributed by atoms with Gasteiger partial charge >= 0.3 is 0 Å². The molecule has 2 rings (SSSR count). The quantitative estimate of drug-likeness (QED) is 0.827. The molecule has 0 bridgehead atoms. The van der Waals surface area contributed by atoms with Gasteiger partial charge in [-0.2, -0.15) is 0 Å². The largest absolute Gasteiger partial charge is 0.497 e. The van der Waals surface area contributed by atoms with Crippen molar-refractivity contribution in [3.05, 3.63) is 29.8 Å². The van der Waals surface area contributed by atoms with E-state index in [9.17, 15) is 4.79 Å². The van der Waals surface area contributed by atoms with Crippen LogP contribution >= 0.6 is 0 Å². The normalized spacial score (nSPS) is 20.0. The zero-order valence-electron chi connectivity index (χ0n) is 13.6. The van der Waals surface area contributed by atoms with E-state index in [2.05, 4.69) is 13.8 Å². The minimum atomic E-state index is -0.599. The first-order valence-corrected chi connectivity index (χ1v) is 7.62. The lowest BCUT2D eigenvalue weighted by Gasteiger charge is -2.41. The number of ether oxygens (including phenoxy) is 2. The van der Waals surface area contributed by atoms with Crippen LogP contribution in [0.1, 0.15) is 45.1 Å². The van der Waals surface area contributed by atoms with Crippen LogP contribution in [0.5, 0.6) is 5.75 Å². The summed E-state index contributed by atoms with van der Waals surface area (Å²) < 4.78 is 10.9. The Morgan fingerprint density at radius 2 is 1.81 bits per heavy atom. The standard InChI is InChI=1S/C18H26O3/c1-17(2)8-10-18(21-4,11-9-17)16(19)13-14-6-5-7-15(12-14)20-3/h5-7,12H,8-11,13H2,1-4H3. The minimum Gasteiger partial charge on any atom is -0.497 e. The van der Waals surface area contributed by atoms with E-state index >= 15 is 0 Å². The molecule has 1 aliphatic rings. The van der Waals surface area contributed by atoms with Crippen molar-refractivity contribution in [1.29, 1.82) is 0 Å². The third-order valence-electron chi connectivity index (χ3n) is 4.81. The van der Waals surface area contributed by atoms with Crippen molar-refractivity contribution in [2.24, 2.45) is 5.41 Å². The molecule has 1 aromatic rings. The first-order valence-electron chi connectivity index (χ1n) is 7.62. The second-order valence-corrected chi connectivity index (χ2v) is 6.81. The summed E-state index contributed by atoms with van der Waals surface area (Å²) >= 11 is 0. The van der Waals surface area contributed by atoms with Gasteiger partial charge in [-0.05, 0) is 48.8 Å². The average Bonchev–Trinajstić information content (AvgIpc) is 2.48. The summed E-state index contributed by atoms with van der Waals surface area (Å²) in [5.41, 5.74) is 0.706. The van der Waals surface area contributed by atoms with Gasteiger partial charge in [-0.25, -0.2) is 0 Å². The van der Waals surface area contributed by atoms with Crippen LogP contribution < -0.4 is 4.74 Å². The van der Waals surface area contributed by atoms with Crippen molar-refractivity contribution in [3.63, 3.8) is 0 Å². The summed E-state index contributed by atoms with van der Waals surface area (Å²) in [6, 6.07) is 7.71. The Hall–Kier alpha value is -1.35. The van der Waals surface area contributed by atoms with Gasteiger partial charge in [0.2, 0.25) is 0 Å². The van der Waals surface area contributed by atoms with E-state index in [0.717, 1.165) is 37.0 Å². The maximum Gasteiger partial charge on any atom is 0.168 e. The van der Waals surface area contributed by atoms with Gasteiger partial charge in [0.1, 0.15) is 11.4 Å². The Morgan fingerprint density at radius 1 is 1.14 bits per heavy atom. The number of ketones is 1. The monoisotopic (exact) mass is 290 g/mol. The van der Waals surface area contributed by atoms with E-state index in [1.807, 2.05) is 24.3 Å². The van der Waals surface area contributed by atoms with Crippen molar-refractivity contribution in [1.82, 2.24) is 0 Å². The molecule has 0 aliphatic heterocycles. The molecule has 1 saturated carbocycles. The predicted molar refractivity (Wildman–Crippen MR) is 83.7 cm³/mol. The number of rotatable bonds is 5. The summed E-state index contributed by atoms with van der Waals surface area (Å²) in [5.74, 6) is 0.977. The SMILES string of the molecule is COc1cccc(CC(=O)C2(OC)CCC(C)(C)CC2)c1. The van der Waals surface area contributed by atoms with Gasteiger partial charge in [-0.15, -0.1) is 0 Å². The highest BCUT2D eigenvalue weighted by atomic mass is 16.5. The number of carbonyl (C=O) groups is 1. The van der Waals surface area contributed by atoms with Crippen LogP contribution in [-0.2, 0) is 16.0 Å². The smallest absolute Gasteiger partial charge is 0.168 e. The van der Waals surface area contributed by atoms with Crippen LogP contribution in [0.3, 0.4) is 0 Å². The Labute approximate surface area is 127 Å². The molecule has 3 heteroatoms. The van der Waals surface area contributed by atoms with Crippen LogP contribution in [0, 0.1) is 5.41 Å². The van der Waals surface area contributed by atoms with Gasteiger partial charge in [0.15, 0.2) is 5.78 Å². The molecule has 1 aromatic carbocycles. The average molecular weight is 290 g/mol. The molecule has 0 spiro atoms. The van der Waals surface area contributed by atoms with Crippen LogP contribution in [0.2, 0.25) is 0 Å². The summed E-state index contributed by atoms with van der Waals surface area (Å²) in [4.78, 5) is 12.8. The molecular formula is C18H26O3. The summed E-state index contributed by atoms with van der Waals surface area (Å²) in [7, 11) is 3.31. The lowest BCUT2D eigenvalue weighted by Crippen LogP contribution is -2.46. The topological polar surface area (TPSA) is 35.5 Å². The van der Waals surface area contributed by atoms with Crippen LogP contribution in [0.25, 0.3) is 0 Å². The van der Waals surface area contributed by atoms with E-state index in [4.69, 9.17) is 9.47 Å². The number of hydrogen-bond donors (Lipinski definition) is 0. The summed E-state index contributed by atoms with van der Waals surface area (Å²) in [5, 5.41) is 0. The molecule has 116 valence electrons. The number of hydrogen-bond acceptors (Lipinski definition) is 3. The first kappa shape index (κ1) is 16.0. The lowest BCUT2D eigenvalue weighted by molar-refractivity contribution is -0.147. The van der Waals surface area contributed by atoms with Crippen molar-refractivity contribution in [2.45, 2.75) is 51.6 Å². The lowest BCUT2D eigenvalue weighted by atomic mass is 9.69. The summed E-state index contributed by atoms with van der Waals surface area (Å²) in [6.45, 7) is 4.53. The van der Waals surface area contributed by atoms with Gasteiger partial charge < -0.3 is 9.47 Å². The number of carbonyl (C=O) groups excluding carboxylic acids is 1. The maximum atomic E-state index is 12.8. The molecule has 0 aromatic heterocycles. The third-order valence-corrected chi connectivity index (χ3v) is 4.81. The minimum absolute atomic E-state index is 0.189. The van der Waals surface area contributed by atoms with Gasteiger partial charge in [-0.3, -0.25) is 4.79 Å². The molecule has 0 atom stereocenters. The van der Waals surface area contributed by atoms with Gasteiger partial charge in [-0.1, -0.05) is 26.0 Å². The van der Waals surface area contributed by atoms with Crippen LogP contribution in [-0.4, -0.2) is 25.6 Å². The molecule has 0 N–H and O–H groups in total. The molecule has 0 amide bonds. The van der Waals surface area contributed by atoms with Gasteiger partial charge in [0, 0.05) is 13.5 Å². The highest BCUT2D eigenvalue weighted by molar-refractivity contribution is 5.89. The number of methoxy groups -OCH3 is 2.